The van der Waals surface area contributed by atoms with Crippen LogP contribution in [0.1, 0.15) is 72.1 Å². The Morgan fingerprint density at radius 2 is 1.79 bits per heavy atom. The van der Waals surface area contributed by atoms with Crippen LogP contribution in [0.15, 0.2) is 0 Å². The molecule has 0 radical (unpaired) electrons. The number of esters is 1. The first-order valence-corrected chi connectivity index (χ1v) is 7.71. The summed E-state index contributed by atoms with van der Waals surface area (Å²) in [4.78, 5) is 23.4. The number of carbonyl (C=O) groups is 2. The van der Waals surface area contributed by atoms with Crippen LogP contribution in [0, 0.1) is 11.8 Å². The first-order chi connectivity index (χ1) is 9.00. The van der Waals surface area contributed by atoms with E-state index in [0.717, 1.165) is 18.8 Å². The third-order valence-electron chi connectivity index (χ3n) is 3.96. The van der Waals surface area contributed by atoms with Gasteiger partial charge in [-0.05, 0) is 33.1 Å². The Kier molecular flexibility index (Phi) is 7.11. The van der Waals surface area contributed by atoms with Crippen molar-refractivity contribution in [2.45, 2.75) is 78.2 Å². The summed E-state index contributed by atoms with van der Waals surface area (Å²) in [5.41, 5.74) is 0. The highest BCUT2D eigenvalue weighted by Gasteiger charge is 2.25. The van der Waals surface area contributed by atoms with Crippen LogP contribution in [-0.2, 0) is 14.3 Å². The second-order valence-corrected chi connectivity index (χ2v) is 6.08. The average molecular weight is 268 g/mol. The molecule has 1 unspecified atom stereocenters. The maximum Gasteiger partial charge on any atom is 0.316 e. The zero-order chi connectivity index (χ0) is 14.3. The molecule has 0 amide bonds. The second kappa shape index (κ2) is 8.34. The number of ether oxygens (including phenoxy) is 1. The van der Waals surface area contributed by atoms with Gasteiger partial charge in [-0.1, -0.05) is 44.9 Å². The number of hydrogen-bond donors (Lipinski definition) is 0. The number of rotatable bonds is 7. The largest absolute Gasteiger partial charge is 0.462 e. The fourth-order valence-corrected chi connectivity index (χ4v) is 2.89. The van der Waals surface area contributed by atoms with Crippen molar-refractivity contribution in [1.29, 1.82) is 0 Å². The summed E-state index contributed by atoms with van der Waals surface area (Å²) >= 11 is 0. The topological polar surface area (TPSA) is 43.4 Å². The summed E-state index contributed by atoms with van der Waals surface area (Å²) in [6, 6.07) is 0. The molecule has 110 valence electrons. The van der Waals surface area contributed by atoms with Gasteiger partial charge in [0.15, 0.2) is 0 Å². The third-order valence-corrected chi connectivity index (χ3v) is 3.96. The van der Waals surface area contributed by atoms with Crippen molar-refractivity contribution in [1.82, 2.24) is 0 Å². The quantitative estimate of drug-likeness (QED) is 0.519. The van der Waals surface area contributed by atoms with Crippen molar-refractivity contribution in [3.05, 3.63) is 0 Å². The number of Topliss-reactive ketones (excluding diaryl/α,β-unsaturated/α-hetero) is 1. The smallest absolute Gasteiger partial charge is 0.316 e. The van der Waals surface area contributed by atoms with Crippen LogP contribution in [0.25, 0.3) is 0 Å². The molecule has 0 aliphatic heterocycles. The van der Waals surface area contributed by atoms with E-state index >= 15 is 0 Å². The highest BCUT2D eigenvalue weighted by molar-refractivity contribution is 5.97. The Bertz CT molecular complexity index is 290. The molecule has 0 bridgehead atoms. The van der Waals surface area contributed by atoms with Gasteiger partial charge in [0.1, 0.15) is 11.7 Å². The van der Waals surface area contributed by atoms with Crippen LogP contribution < -0.4 is 0 Å². The van der Waals surface area contributed by atoms with E-state index < -0.39 is 5.92 Å². The van der Waals surface area contributed by atoms with Gasteiger partial charge in [-0.3, -0.25) is 9.59 Å². The van der Waals surface area contributed by atoms with Crippen molar-refractivity contribution in [3.63, 3.8) is 0 Å². The van der Waals surface area contributed by atoms with E-state index in [4.69, 9.17) is 4.74 Å². The lowest BCUT2D eigenvalue weighted by Gasteiger charge is -2.22. The van der Waals surface area contributed by atoms with Crippen molar-refractivity contribution >= 4 is 11.8 Å². The van der Waals surface area contributed by atoms with Crippen molar-refractivity contribution < 1.29 is 14.3 Å². The summed E-state index contributed by atoms with van der Waals surface area (Å²) < 4.78 is 5.16. The van der Waals surface area contributed by atoms with Crippen molar-refractivity contribution in [2.75, 3.05) is 0 Å². The Morgan fingerprint density at radius 1 is 1.16 bits per heavy atom. The highest BCUT2D eigenvalue weighted by atomic mass is 16.5. The van der Waals surface area contributed by atoms with E-state index in [1.807, 2.05) is 13.8 Å². The molecular formula is C16H28O3. The van der Waals surface area contributed by atoms with Gasteiger partial charge in [-0.25, -0.2) is 0 Å². The molecule has 3 nitrogen and oxygen atoms in total. The molecule has 0 saturated heterocycles. The van der Waals surface area contributed by atoms with Crippen LogP contribution >= 0.6 is 0 Å². The van der Waals surface area contributed by atoms with E-state index in [-0.39, 0.29) is 17.9 Å². The molecule has 1 saturated carbocycles. The molecule has 0 heterocycles. The third kappa shape index (κ3) is 6.22. The lowest BCUT2D eigenvalue weighted by Crippen LogP contribution is -2.26. The molecule has 0 aromatic carbocycles. The van der Waals surface area contributed by atoms with E-state index in [1.165, 1.54) is 39.0 Å². The second-order valence-electron chi connectivity index (χ2n) is 6.08. The van der Waals surface area contributed by atoms with E-state index in [9.17, 15) is 9.59 Å². The fraction of sp³-hybridized carbons (Fsp3) is 0.875. The van der Waals surface area contributed by atoms with Gasteiger partial charge in [0.25, 0.3) is 0 Å². The number of ketones is 1. The zero-order valence-corrected chi connectivity index (χ0v) is 12.6. The predicted octanol–water partition coefficient (Wildman–Crippen LogP) is 3.89. The van der Waals surface area contributed by atoms with Crippen LogP contribution in [0.4, 0.5) is 0 Å². The van der Waals surface area contributed by atoms with Gasteiger partial charge in [0.05, 0.1) is 6.10 Å². The summed E-state index contributed by atoms with van der Waals surface area (Å²) in [6.07, 6.45) is 9.31. The molecule has 1 rings (SSSR count). The minimum Gasteiger partial charge on any atom is -0.462 e. The maximum atomic E-state index is 11.8. The Morgan fingerprint density at radius 3 is 2.32 bits per heavy atom. The lowest BCUT2D eigenvalue weighted by atomic mass is 9.84. The van der Waals surface area contributed by atoms with Gasteiger partial charge < -0.3 is 4.74 Å². The Labute approximate surface area is 117 Å². The molecule has 1 atom stereocenters. The SMILES string of the molecule is CC(=O)C(CCCC1CCCCC1)C(=O)OC(C)C. The summed E-state index contributed by atoms with van der Waals surface area (Å²) in [5, 5.41) is 0. The van der Waals surface area contributed by atoms with Crippen LogP contribution in [0.5, 0.6) is 0 Å². The van der Waals surface area contributed by atoms with Crippen LogP contribution in [-0.4, -0.2) is 17.9 Å². The highest BCUT2D eigenvalue weighted by Crippen LogP contribution is 2.28. The van der Waals surface area contributed by atoms with Gasteiger partial charge in [0.2, 0.25) is 0 Å². The molecule has 0 spiro atoms. The summed E-state index contributed by atoms with van der Waals surface area (Å²) in [5.74, 6) is -0.145. The molecular weight excluding hydrogens is 240 g/mol. The number of carbonyl (C=O) groups excluding carboxylic acids is 2. The monoisotopic (exact) mass is 268 g/mol. The first kappa shape index (κ1) is 16.2. The Balaban J connectivity index is 2.32. The minimum atomic E-state index is -0.550. The molecule has 0 aromatic rings. The molecule has 3 heteroatoms. The van der Waals surface area contributed by atoms with E-state index in [0.29, 0.717) is 6.42 Å². The first-order valence-electron chi connectivity index (χ1n) is 7.71. The van der Waals surface area contributed by atoms with Gasteiger partial charge >= 0.3 is 5.97 Å². The molecule has 0 N–H and O–H groups in total. The normalized spacial score (nSPS) is 18.3. The van der Waals surface area contributed by atoms with Crippen LogP contribution in [0.2, 0.25) is 0 Å². The average Bonchev–Trinajstić information content (AvgIpc) is 2.34. The van der Waals surface area contributed by atoms with E-state index in [1.54, 1.807) is 0 Å². The minimum absolute atomic E-state index is 0.0608. The van der Waals surface area contributed by atoms with Crippen molar-refractivity contribution in [2.24, 2.45) is 11.8 Å². The van der Waals surface area contributed by atoms with Gasteiger partial charge in [0, 0.05) is 0 Å². The predicted molar refractivity (Wildman–Crippen MR) is 75.8 cm³/mol. The van der Waals surface area contributed by atoms with Gasteiger partial charge in [-0.15, -0.1) is 0 Å². The lowest BCUT2D eigenvalue weighted by molar-refractivity contribution is -0.155. The van der Waals surface area contributed by atoms with E-state index in [2.05, 4.69) is 0 Å². The van der Waals surface area contributed by atoms with Gasteiger partial charge in [-0.2, -0.15) is 0 Å². The van der Waals surface area contributed by atoms with Crippen molar-refractivity contribution in [3.8, 4) is 0 Å². The Hall–Kier alpha value is -0.860. The fourth-order valence-electron chi connectivity index (χ4n) is 2.89. The molecule has 0 aromatic heterocycles. The molecule has 19 heavy (non-hydrogen) atoms. The summed E-state index contributed by atoms with van der Waals surface area (Å²) in [6.45, 7) is 5.13. The molecule has 1 aliphatic carbocycles. The number of hydrogen-bond acceptors (Lipinski definition) is 3. The maximum absolute atomic E-state index is 11.8. The molecule has 1 aliphatic rings. The standard InChI is InChI=1S/C16H28O3/c1-12(2)19-16(18)15(13(3)17)11-7-10-14-8-5-4-6-9-14/h12,14-15H,4-11H2,1-3H3. The van der Waals surface area contributed by atoms with Crippen LogP contribution in [0.3, 0.4) is 0 Å². The summed E-state index contributed by atoms with van der Waals surface area (Å²) in [7, 11) is 0. The zero-order valence-electron chi connectivity index (χ0n) is 12.6. The molecule has 1 fully saturated rings.